The second kappa shape index (κ2) is 55.9. The van der Waals surface area contributed by atoms with Gasteiger partial charge in [-0.25, -0.2) is 0 Å². The summed E-state index contributed by atoms with van der Waals surface area (Å²) < 4.78 is 10.6. The first-order valence-electron chi connectivity index (χ1n) is 28.3. The van der Waals surface area contributed by atoms with E-state index >= 15 is 0 Å². The van der Waals surface area contributed by atoms with Crippen molar-refractivity contribution in [2.45, 2.75) is 296 Å². The molecule has 0 aliphatic rings. The molecule has 0 spiro atoms. The largest absolute Gasteiger partial charge is 0.462 e. The number of hydrogen-bond donors (Lipinski definition) is 1. The van der Waals surface area contributed by atoms with Gasteiger partial charge in [0.1, 0.15) is 6.61 Å². The van der Waals surface area contributed by atoms with E-state index in [0.29, 0.717) is 6.42 Å². The van der Waals surface area contributed by atoms with E-state index in [0.717, 1.165) is 51.4 Å². The van der Waals surface area contributed by atoms with Crippen LogP contribution < -0.4 is 0 Å². The van der Waals surface area contributed by atoms with Crippen LogP contribution in [0.25, 0.3) is 0 Å². The number of carbonyl (C=O) groups is 2. The van der Waals surface area contributed by atoms with Gasteiger partial charge in [-0.1, -0.05) is 299 Å². The highest BCUT2D eigenvalue weighted by atomic mass is 16.6. The van der Waals surface area contributed by atoms with Gasteiger partial charge in [0, 0.05) is 6.42 Å². The lowest BCUT2D eigenvalue weighted by molar-refractivity contribution is -0.160. The van der Waals surface area contributed by atoms with Gasteiger partial charge in [-0.15, -0.1) is 0 Å². The van der Waals surface area contributed by atoms with Crippen molar-refractivity contribution in [3.05, 3.63) is 60.8 Å². The standard InChI is InChI=1S/C60H108O5/c1-3-5-7-9-11-13-15-17-19-20-21-22-23-24-25-26-27-28-29-30-31-32-33-34-35-36-37-38-39-41-42-44-46-48-50-52-54-59(62)64-57-58(56-61)65-60(63)55-53-51-49-47-45-43-40-18-16-14-12-10-8-6-4-2/h6,8,12,14,18,40,45,47,51,53,58,61H,3-5,7,9-11,13,15-17,19-39,41-44,46,48-50,52,54-57H2,1-2H3/b8-6-,14-12-,40-18-,47-45-,53-51-. The quantitative estimate of drug-likeness (QED) is 0.0374. The van der Waals surface area contributed by atoms with Gasteiger partial charge in [0.2, 0.25) is 0 Å². The fraction of sp³-hybridized carbons (Fsp3) is 0.800. The summed E-state index contributed by atoms with van der Waals surface area (Å²) in [4.78, 5) is 24.4. The Morgan fingerprint density at radius 1 is 0.369 bits per heavy atom. The number of aliphatic hydroxyl groups excluding tert-OH is 1. The molecule has 0 aliphatic carbocycles. The van der Waals surface area contributed by atoms with Crippen LogP contribution in [0.1, 0.15) is 290 Å². The van der Waals surface area contributed by atoms with E-state index in [9.17, 15) is 14.7 Å². The molecular weight excluding hydrogens is 801 g/mol. The third kappa shape index (κ3) is 54.1. The van der Waals surface area contributed by atoms with Crippen molar-refractivity contribution in [3.8, 4) is 0 Å². The molecule has 1 N–H and O–H groups in total. The summed E-state index contributed by atoms with van der Waals surface area (Å²) in [7, 11) is 0. The first-order chi connectivity index (χ1) is 32.1. The number of unbranched alkanes of at least 4 members (excludes halogenated alkanes) is 35. The molecule has 65 heavy (non-hydrogen) atoms. The number of allylic oxidation sites excluding steroid dienone is 9. The molecule has 0 aromatic carbocycles. The lowest BCUT2D eigenvalue weighted by Gasteiger charge is -2.15. The Kier molecular flexibility index (Phi) is 53.9. The number of esters is 2. The molecule has 0 aromatic heterocycles. The van der Waals surface area contributed by atoms with Crippen LogP contribution >= 0.6 is 0 Å². The lowest BCUT2D eigenvalue weighted by Crippen LogP contribution is -2.28. The highest BCUT2D eigenvalue weighted by Crippen LogP contribution is 2.18. The molecule has 1 unspecified atom stereocenters. The van der Waals surface area contributed by atoms with Crippen LogP contribution in [-0.2, 0) is 19.1 Å². The molecule has 0 rings (SSSR count). The molecule has 0 aromatic rings. The maximum atomic E-state index is 12.2. The Hall–Kier alpha value is -2.40. The Morgan fingerprint density at radius 2 is 0.646 bits per heavy atom. The Bertz CT molecular complexity index is 1120. The predicted octanol–water partition coefficient (Wildman–Crippen LogP) is 19.0. The topological polar surface area (TPSA) is 72.8 Å². The minimum absolute atomic E-state index is 0.105. The van der Waals surface area contributed by atoms with Gasteiger partial charge in [0.15, 0.2) is 6.10 Å². The number of rotatable bonds is 52. The van der Waals surface area contributed by atoms with Crippen LogP contribution in [0.3, 0.4) is 0 Å². The van der Waals surface area contributed by atoms with Gasteiger partial charge in [0.25, 0.3) is 0 Å². The molecule has 1 atom stereocenters. The number of ether oxygens (including phenoxy) is 2. The lowest BCUT2D eigenvalue weighted by atomic mass is 10.0. The molecule has 0 saturated carbocycles. The summed E-state index contributed by atoms with van der Waals surface area (Å²) >= 11 is 0. The van der Waals surface area contributed by atoms with Gasteiger partial charge in [0.05, 0.1) is 13.0 Å². The van der Waals surface area contributed by atoms with Crippen molar-refractivity contribution in [1.29, 1.82) is 0 Å². The van der Waals surface area contributed by atoms with Gasteiger partial charge < -0.3 is 14.6 Å². The van der Waals surface area contributed by atoms with Crippen LogP contribution in [0.4, 0.5) is 0 Å². The number of carbonyl (C=O) groups excluding carboxylic acids is 2. The molecule has 0 radical (unpaired) electrons. The second-order valence-electron chi connectivity index (χ2n) is 19.0. The zero-order valence-corrected chi connectivity index (χ0v) is 43.3. The van der Waals surface area contributed by atoms with Crippen molar-refractivity contribution in [3.63, 3.8) is 0 Å². The highest BCUT2D eigenvalue weighted by molar-refractivity contribution is 5.71. The summed E-state index contributed by atoms with van der Waals surface area (Å²) in [6.45, 7) is 3.97. The van der Waals surface area contributed by atoms with E-state index < -0.39 is 12.1 Å². The van der Waals surface area contributed by atoms with Crippen LogP contribution in [0.15, 0.2) is 60.8 Å². The van der Waals surface area contributed by atoms with Crippen LogP contribution in [0.2, 0.25) is 0 Å². The molecule has 378 valence electrons. The fourth-order valence-electron chi connectivity index (χ4n) is 8.40. The molecule has 0 aliphatic heterocycles. The summed E-state index contributed by atoms with van der Waals surface area (Å²) in [5.74, 6) is -0.730. The van der Waals surface area contributed by atoms with E-state index in [2.05, 4.69) is 62.5 Å². The van der Waals surface area contributed by atoms with Crippen molar-refractivity contribution < 1.29 is 24.2 Å². The van der Waals surface area contributed by atoms with Crippen molar-refractivity contribution in [2.24, 2.45) is 0 Å². The third-order valence-corrected chi connectivity index (χ3v) is 12.6. The fourth-order valence-corrected chi connectivity index (χ4v) is 8.40. The zero-order chi connectivity index (χ0) is 47.0. The summed E-state index contributed by atoms with van der Waals surface area (Å²) in [6.07, 6.45) is 75.4. The number of hydrogen-bond acceptors (Lipinski definition) is 5. The van der Waals surface area contributed by atoms with Gasteiger partial charge in [-0.05, 0) is 38.5 Å². The summed E-state index contributed by atoms with van der Waals surface area (Å²) in [5, 5.41) is 9.59. The van der Waals surface area contributed by atoms with E-state index in [1.165, 1.54) is 212 Å². The summed E-state index contributed by atoms with van der Waals surface area (Å²) in [6, 6.07) is 0. The first kappa shape index (κ1) is 62.6. The molecule has 0 heterocycles. The van der Waals surface area contributed by atoms with Crippen molar-refractivity contribution in [1.82, 2.24) is 0 Å². The zero-order valence-electron chi connectivity index (χ0n) is 43.3. The molecular formula is C60H108O5. The smallest absolute Gasteiger partial charge is 0.310 e. The Morgan fingerprint density at radius 3 is 0.938 bits per heavy atom. The molecule has 0 fully saturated rings. The maximum Gasteiger partial charge on any atom is 0.310 e. The van der Waals surface area contributed by atoms with Crippen LogP contribution in [0.5, 0.6) is 0 Å². The van der Waals surface area contributed by atoms with E-state index in [4.69, 9.17) is 9.47 Å². The average molecular weight is 910 g/mol. The number of aliphatic hydroxyl groups is 1. The van der Waals surface area contributed by atoms with Crippen molar-refractivity contribution >= 4 is 11.9 Å². The van der Waals surface area contributed by atoms with E-state index in [-0.39, 0.29) is 25.6 Å². The monoisotopic (exact) mass is 909 g/mol. The van der Waals surface area contributed by atoms with Crippen molar-refractivity contribution in [2.75, 3.05) is 13.2 Å². The van der Waals surface area contributed by atoms with Gasteiger partial charge in [-0.3, -0.25) is 9.59 Å². The molecule has 0 amide bonds. The van der Waals surface area contributed by atoms with Crippen LogP contribution in [-0.4, -0.2) is 36.4 Å². The van der Waals surface area contributed by atoms with Gasteiger partial charge >= 0.3 is 11.9 Å². The minimum Gasteiger partial charge on any atom is -0.462 e. The highest BCUT2D eigenvalue weighted by Gasteiger charge is 2.15. The second-order valence-corrected chi connectivity index (χ2v) is 19.0. The van der Waals surface area contributed by atoms with Crippen LogP contribution in [0, 0.1) is 0 Å². The average Bonchev–Trinajstić information content (AvgIpc) is 3.31. The third-order valence-electron chi connectivity index (χ3n) is 12.6. The van der Waals surface area contributed by atoms with E-state index in [1.807, 2.05) is 6.08 Å². The minimum atomic E-state index is -0.827. The Labute approximate surface area is 404 Å². The molecule has 0 saturated heterocycles. The van der Waals surface area contributed by atoms with Gasteiger partial charge in [-0.2, -0.15) is 0 Å². The molecule has 5 nitrogen and oxygen atoms in total. The first-order valence-corrected chi connectivity index (χ1v) is 28.3. The maximum absolute atomic E-state index is 12.2. The SMILES string of the molecule is CC/C=C\C/C=C\C/C=C\C/C=C\C/C=C\CC(=O)OC(CO)COC(=O)CCCCCCCCCCCCCCCCCCCCCCCCCCCCCCCCCCCCCC. The predicted molar refractivity (Wildman–Crippen MR) is 284 cm³/mol. The van der Waals surface area contributed by atoms with E-state index in [1.54, 1.807) is 6.08 Å². The normalized spacial score (nSPS) is 12.6. The summed E-state index contributed by atoms with van der Waals surface area (Å²) in [5.41, 5.74) is 0. The molecule has 0 bridgehead atoms. The molecule has 5 heteroatoms. The Balaban J connectivity index is 3.42.